The molecule has 0 aliphatic carbocycles. The molecule has 48 valence electrons. The first-order valence-corrected chi connectivity index (χ1v) is 2.37. The summed E-state index contributed by atoms with van der Waals surface area (Å²) in [6.45, 7) is 1.23. The molecule has 0 aromatic carbocycles. The minimum Gasteiger partial charge on any atom is -0.317 e. The van der Waals surface area contributed by atoms with Gasteiger partial charge in [-0.3, -0.25) is 9.63 Å². The Hall–Kier alpha value is -0.610. The molecule has 0 aromatic heterocycles. The summed E-state index contributed by atoms with van der Waals surface area (Å²) in [5, 5.41) is 2.85. The molecule has 8 heavy (non-hydrogen) atoms. The fourth-order valence-corrected chi connectivity index (χ4v) is 0.246. The maximum atomic E-state index is 9.51. The molecule has 0 heterocycles. The summed E-state index contributed by atoms with van der Waals surface area (Å²) in [7, 11) is 1.81. The largest absolute Gasteiger partial charge is 0.317 e. The van der Waals surface area contributed by atoms with E-state index in [9.17, 15) is 4.79 Å². The van der Waals surface area contributed by atoms with Crippen LogP contribution in [0, 0.1) is 0 Å². The van der Waals surface area contributed by atoms with Crippen molar-refractivity contribution in [2.45, 2.75) is 0 Å². The van der Waals surface area contributed by atoms with Crippen LogP contribution in [-0.4, -0.2) is 26.6 Å². The van der Waals surface area contributed by atoms with E-state index in [-0.39, 0.29) is 0 Å². The lowest BCUT2D eigenvalue weighted by atomic mass is 10.7. The van der Waals surface area contributed by atoms with E-state index in [0.29, 0.717) is 13.0 Å². The minimum atomic E-state index is 0.495. The standard InChI is InChI=1S/C4H10N2O2/c1-5-2-3-8-6-4-7/h4-5H,2-3H2,1H3,(H,6,7). The second-order valence-electron chi connectivity index (χ2n) is 1.19. The van der Waals surface area contributed by atoms with E-state index in [1.165, 1.54) is 0 Å². The second kappa shape index (κ2) is 6.39. The van der Waals surface area contributed by atoms with E-state index in [1.54, 1.807) is 0 Å². The Morgan fingerprint density at radius 1 is 1.75 bits per heavy atom. The van der Waals surface area contributed by atoms with E-state index in [4.69, 9.17) is 0 Å². The van der Waals surface area contributed by atoms with Crippen molar-refractivity contribution in [2.24, 2.45) is 0 Å². The summed E-state index contributed by atoms with van der Waals surface area (Å²) in [5.41, 5.74) is 2.06. The van der Waals surface area contributed by atoms with E-state index >= 15 is 0 Å². The first-order chi connectivity index (χ1) is 3.91. The van der Waals surface area contributed by atoms with Crippen LogP contribution in [0.3, 0.4) is 0 Å². The van der Waals surface area contributed by atoms with Crippen LogP contribution in [0.4, 0.5) is 0 Å². The molecule has 0 aliphatic rings. The lowest BCUT2D eigenvalue weighted by Crippen LogP contribution is -2.20. The zero-order valence-corrected chi connectivity index (χ0v) is 4.81. The number of likely N-dealkylation sites (N-methyl/N-ethyl adjacent to an activating group) is 1. The highest BCUT2D eigenvalue weighted by Gasteiger charge is 1.79. The number of nitrogens with one attached hydrogen (secondary N) is 2. The van der Waals surface area contributed by atoms with Gasteiger partial charge in [0.1, 0.15) is 0 Å². The summed E-state index contributed by atoms with van der Waals surface area (Å²) in [4.78, 5) is 14.1. The van der Waals surface area contributed by atoms with Gasteiger partial charge in [0.2, 0.25) is 6.41 Å². The fourth-order valence-electron chi connectivity index (χ4n) is 0.246. The Labute approximate surface area is 48.2 Å². The lowest BCUT2D eigenvalue weighted by Gasteiger charge is -1.97. The van der Waals surface area contributed by atoms with Crippen molar-refractivity contribution in [3.8, 4) is 0 Å². The number of carbonyl (C=O) groups is 1. The molecule has 0 aliphatic heterocycles. The molecule has 0 saturated heterocycles. The number of hydrogen-bond donors (Lipinski definition) is 2. The van der Waals surface area contributed by atoms with Crippen LogP contribution >= 0.6 is 0 Å². The van der Waals surface area contributed by atoms with Gasteiger partial charge in [0.05, 0.1) is 6.61 Å². The van der Waals surface area contributed by atoms with Crippen molar-refractivity contribution in [1.82, 2.24) is 10.8 Å². The van der Waals surface area contributed by atoms with Gasteiger partial charge in [0.15, 0.2) is 0 Å². The molecule has 0 spiro atoms. The van der Waals surface area contributed by atoms with Gasteiger partial charge in [0.25, 0.3) is 0 Å². The Morgan fingerprint density at radius 3 is 3.00 bits per heavy atom. The summed E-state index contributed by atoms with van der Waals surface area (Å²) < 4.78 is 0. The Kier molecular flexibility index (Phi) is 5.90. The molecule has 0 unspecified atom stereocenters. The van der Waals surface area contributed by atoms with Crippen molar-refractivity contribution >= 4 is 6.41 Å². The van der Waals surface area contributed by atoms with Crippen LogP contribution in [0.2, 0.25) is 0 Å². The number of carbonyl (C=O) groups excluding carboxylic acids is 1. The van der Waals surface area contributed by atoms with E-state index in [2.05, 4.69) is 15.6 Å². The molecule has 2 N–H and O–H groups in total. The molecule has 0 rings (SSSR count). The van der Waals surface area contributed by atoms with Crippen molar-refractivity contribution in [3.05, 3.63) is 0 Å². The van der Waals surface area contributed by atoms with Crippen LogP contribution in [0.25, 0.3) is 0 Å². The van der Waals surface area contributed by atoms with Gasteiger partial charge in [-0.05, 0) is 7.05 Å². The van der Waals surface area contributed by atoms with Crippen LogP contribution < -0.4 is 10.8 Å². The molecular weight excluding hydrogens is 108 g/mol. The Morgan fingerprint density at radius 2 is 2.50 bits per heavy atom. The van der Waals surface area contributed by atoms with E-state index in [0.717, 1.165) is 6.54 Å². The zero-order valence-electron chi connectivity index (χ0n) is 4.81. The maximum Gasteiger partial charge on any atom is 0.230 e. The average Bonchev–Trinajstić information content (AvgIpc) is 1.81. The molecule has 0 aromatic rings. The summed E-state index contributed by atoms with van der Waals surface area (Å²) in [6.07, 6.45) is 0.496. The maximum absolute atomic E-state index is 9.51. The lowest BCUT2D eigenvalue weighted by molar-refractivity contribution is -0.120. The quantitative estimate of drug-likeness (QED) is 0.273. The molecule has 0 saturated carbocycles. The summed E-state index contributed by atoms with van der Waals surface area (Å²) in [5.74, 6) is 0. The summed E-state index contributed by atoms with van der Waals surface area (Å²) in [6, 6.07) is 0. The normalized spacial score (nSPS) is 8.62. The van der Waals surface area contributed by atoms with Gasteiger partial charge in [-0.25, -0.2) is 5.48 Å². The monoisotopic (exact) mass is 118 g/mol. The predicted octanol–water partition coefficient (Wildman–Crippen LogP) is -1.12. The highest BCUT2D eigenvalue weighted by molar-refractivity contribution is 5.43. The summed E-state index contributed by atoms with van der Waals surface area (Å²) >= 11 is 0. The third kappa shape index (κ3) is 5.39. The predicted molar refractivity (Wildman–Crippen MR) is 29.1 cm³/mol. The molecule has 0 bridgehead atoms. The molecular formula is C4H10N2O2. The Bertz CT molecular complexity index is 58.0. The Balaban J connectivity index is 2.62. The number of hydroxylamine groups is 1. The zero-order chi connectivity index (χ0) is 6.24. The van der Waals surface area contributed by atoms with Crippen LogP contribution in [0.15, 0.2) is 0 Å². The van der Waals surface area contributed by atoms with Gasteiger partial charge in [-0.15, -0.1) is 0 Å². The van der Waals surface area contributed by atoms with Crippen LogP contribution in [0.5, 0.6) is 0 Å². The smallest absolute Gasteiger partial charge is 0.230 e. The van der Waals surface area contributed by atoms with Crippen LogP contribution in [0.1, 0.15) is 0 Å². The second-order valence-corrected chi connectivity index (χ2v) is 1.19. The van der Waals surface area contributed by atoms with Crippen molar-refractivity contribution in [3.63, 3.8) is 0 Å². The molecule has 4 nitrogen and oxygen atoms in total. The van der Waals surface area contributed by atoms with Crippen molar-refractivity contribution in [1.29, 1.82) is 0 Å². The topological polar surface area (TPSA) is 50.4 Å². The first-order valence-electron chi connectivity index (χ1n) is 2.37. The third-order valence-corrected chi connectivity index (χ3v) is 0.586. The molecule has 0 atom stereocenters. The number of hydrogen-bond acceptors (Lipinski definition) is 3. The molecule has 0 fully saturated rings. The number of rotatable bonds is 5. The SMILES string of the molecule is CNCCONC=O. The fraction of sp³-hybridized carbons (Fsp3) is 0.750. The van der Waals surface area contributed by atoms with E-state index in [1.807, 2.05) is 7.05 Å². The number of amides is 1. The van der Waals surface area contributed by atoms with Crippen molar-refractivity contribution in [2.75, 3.05) is 20.2 Å². The third-order valence-electron chi connectivity index (χ3n) is 0.586. The van der Waals surface area contributed by atoms with Gasteiger partial charge in [-0.2, -0.15) is 0 Å². The average molecular weight is 118 g/mol. The molecule has 4 heteroatoms. The van der Waals surface area contributed by atoms with Gasteiger partial charge >= 0.3 is 0 Å². The van der Waals surface area contributed by atoms with Gasteiger partial charge in [0, 0.05) is 6.54 Å². The first kappa shape index (κ1) is 7.39. The van der Waals surface area contributed by atoms with Crippen LogP contribution in [-0.2, 0) is 9.63 Å². The highest BCUT2D eigenvalue weighted by atomic mass is 16.6. The van der Waals surface area contributed by atoms with E-state index < -0.39 is 0 Å². The molecule has 0 radical (unpaired) electrons. The minimum absolute atomic E-state index is 0.495. The van der Waals surface area contributed by atoms with Gasteiger partial charge < -0.3 is 5.32 Å². The van der Waals surface area contributed by atoms with Crippen molar-refractivity contribution < 1.29 is 9.63 Å². The highest BCUT2D eigenvalue weighted by Crippen LogP contribution is 1.58. The molecule has 1 amide bonds. The van der Waals surface area contributed by atoms with Gasteiger partial charge in [-0.1, -0.05) is 0 Å².